The van der Waals surface area contributed by atoms with Crippen molar-refractivity contribution in [3.8, 4) is 0 Å². The number of halogens is 1. The maximum Gasteiger partial charge on any atom is 0.244 e. The van der Waals surface area contributed by atoms with Gasteiger partial charge in [-0.15, -0.1) is 12.4 Å². The molecule has 4 nitrogen and oxygen atoms in total. The van der Waals surface area contributed by atoms with E-state index in [-0.39, 0.29) is 18.3 Å². The van der Waals surface area contributed by atoms with Crippen LogP contribution < -0.4 is 11.1 Å². The summed E-state index contributed by atoms with van der Waals surface area (Å²) in [6.45, 7) is 3.21. The Morgan fingerprint density at radius 2 is 2.10 bits per heavy atom. The molecule has 0 unspecified atom stereocenters. The predicted octanol–water partition coefficient (Wildman–Crippen LogP) is 2.85. The van der Waals surface area contributed by atoms with Crippen molar-refractivity contribution in [1.82, 2.24) is 0 Å². The highest BCUT2D eigenvalue weighted by molar-refractivity contribution is 5.98. The molecule has 112 valence electrons. The van der Waals surface area contributed by atoms with Gasteiger partial charge < -0.3 is 15.8 Å². The average molecular weight is 299 g/mol. The number of hydrogen-bond donors (Lipinski definition) is 2. The molecule has 2 rings (SSSR count). The molecule has 5 heteroatoms. The van der Waals surface area contributed by atoms with E-state index < -0.39 is 5.54 Å². The summed E-state index contributed by atoms with van der Waals surface area (Å²) < 4.78 is 5.36. The smallest absolute Gasteiger partial charge is 0.244 e. The summed E-state index contributed by atoms with van der Waals surface area (Å²) in [5.74, 6) is -0.0708. The molecule has 20 heavy (non-hydrogen) atoms. The highest BCUT2D eigenvalue weighted by Gasteiger charge is 2.36. The Hall–Kier alpha value is -1.10. The van der Waals surface area contributed by atoms with E-state index in [1.807, 2.05) is 31.2 Å². The molecule has 0 spiro atoms. The van der Waals surface area contributed by atoms with Gasteiger partial charge in [-0.1, -0.05) is 25.0 Å². The van der Waals surface area contributed by atoms with Crippen LogP contribution in [0.4, 0.5) is 5.69 Å². The van der Waals surface area contributed by atoms with E-state index in [0.29, 0.717) is 13.2 Å². The molecule has 1 aliphatic rings. The van der Waals surface area contributed by atoms with E-state index in [2.05, 4.69) is 5.32 Å². The number of carbonyl (C=O) groups is 1. The standard InChI is InChI=1S/C15H22N2O2.ClH/c1-2-19-11-12-6-5-7-13(10-12)17-14(18)15(16)8-3-4-9-15;/h5-7,10H,2-4,8-9,11,16H2,1H3,(H,17,18);1H. The van der Waals surface area contributed by atoms with Gasteiger partial charge in [0.05, 0.1) is 12.1 Å². The number of amides is 1. The Morgan fingerprint density at radius 1 is 1.40 bits per heavy atom. The first-order valence-corrected chi connectivity index (χ1v) is 6.91. The van der Waals surface area contributed by atoms with Gasteiger partial charge in [0.2, 0.25) is 5.91 Å². The zero-order valence-electron chi connectivity index (χ0n) is 11.9. The fourth-order valence-electron chi connectivity index (χ4n) is 2.45. The van der Waals surface area contributed by atoms with E-state index in [9.17, 15) is 4.79 Å². The Labute approximate surface area is 126 Å². The van der Waals surface area contributed by atoms with Crippen molar-refractivity contribution < 1.29 is 9.53 Å². The van der Waals surface area contributed by atoms with Crippen LogP contribution in [0.25, 0.3) is 0 Å². The summed E-state index contributed by atoms with van der Waals surface area (Å²) in [7, 11) is 0. The number of hydrogen-bond acceptors (Lipinski definition) is 3. The van der Waals surface area contributed by atoms with Crippen molar-refractivity contribution >= 4 is 24.0 Å². The van der Waals surface area contributed by atoms with E-state index in [4.69, 9.17) is 10.5 Å². The highest BCUT2D eigenvalue weighted by atomic mass is 35.5. The second-order valence-corrected chi connectivity index (χ2v) is 5.15. The number of anilines is 1. The summed E-state index contributed by atoms with van der Waals surface area (Å²) in [5.41, 5.74) is 7.29. The molecule has 1 amide bonds. The molecule has 0 atom stereocenters. The second kappa shape index (κ2) is 7.62. The molecule has 0 radical (unpaired) electrons. The van der Waals surface area contributed by atoms with Gasteiger partial charge in [0, 0.05) is 12.3 Å². The lowest BCUT2D eigenvalue weighted by Crippen LogP contribution is -2.48. The van der Waals surface area contributed by atoms with Crippen LogP contribution in [0.5, 0.6) is 0 Å². The molecular formula is C15H23ClN2O2. The van der Waals surface area contributed by atoms with Gasteiger partial charge >= 0.3 is 0 Å². The number of rotatable bonds is 5. The van der Waals surface area contributed by atoms with Crippen molar-refractivity contribution in [2.24, 2.45) is 5.73 Å². The van der Waals surface area contributed by atoms with E-state index in [1.54, 1.807) is 0 Å². The van der Waals surface area contributed by atoms with Gasteiger partial charge in [0.25, 0.3) is 0 Å². The molecule has 3 N–H and O–H groups in total. The fraction of sp³-hybridized carbons (Fsp3) is 0.533. The zero-order valence-corrected chi connectivity index (χ0v) is 12.7. The SMILES string of the molecule is CCOCc1cccc(NC(=O)C2(N)CCCC2)c1.Cl. The minimum Gasteiger partial charge on any atom is -0.377 e. The van der Waals surface area contributed by atoms with E-state index >= 15 is 0 Å². The van der Waals surface area contributed by atoms with Gasteiger partial charge in [-0.3, -0.25) is 4.79 Å². The molecule has 0 bridgehead atoms. The third-order valence-electron chi connectivity index (χ3n) is 3.61. The number of benzene rings is 1. The molecule has 1 saturated carbocycles. The van der Waals surface area contributed by atoms with Gasteiger partial charge in [-0.25, -0.2) is 0 Å². The first-order valence-electron chi connectivity index (χ1n) is 6.91. The lowest BCUT2D eigenvalue weighted by molar-refractivity contribution is -0.121. The normalized spacial score (nSPS) is 16.5. The summed E-state index contributed by atoms with van der Waals surface area (Å²) >= 11 is 0. The summed E-state index contributed by atoms with van der Waals surface area (Å²) in [6.07, 6.45) is 3.62. The first-order chi connectivity index (χ1) is 9.14. The molecule has 1 aromatic carbocycles. The number of nitrogens with one attached hydrogen (secondary N) is 1. The third kappa shape index (κ3) is 4.20. The average Bonchev–Trinajstić information content (AvgIpc) is 2.85. The number of nitrogens with two attached hydrogens (primary N) is 1. The summed E-state index contributed by atoms with van der Waals surface area (Å²) in [5, 5.41) is 2.92. The van der Waals surface area contributed by atoms with Gasteiger partial charge in [0.15, 0.2) is 0 Å². The molecule has 0 saturated heterocycles. The predicted molar refractivity (Wildman–Crippen MR) is 83.0 cm³/mol. The lowest BCUT2D eigenvalue weighted by atomic mass is 9.98. The molecule has 0 aromatic heterocycles. The fourth-order valence-corrected chi connectivity index (χ4v) is 2.45. The Bertz CT molecular complexity index is 445. The maximum absolute atomic E-state index is 12.2. The molecule has 0 aliphatic heterocycles. The molecular weight excluding hydrogens is 276 g/mol. The van der Waals surface area contributed by atoms with Crippen LogP contribution in [-0.2, 0) is 16.1 Å². The van der Waals surface area contributed by atoms with Crippen LogP contribution in [0, 0.1) is 0 Å². The monoisotopic (exact) mass is 298 g/mol. The molecule has 1 aromatic rings. The van der Waals surface area contributed by atoms with Crippen molar-refractivity contribution in [3.05, 3.63) is 29.8 Å². The minimum absolute atomic E-state index is 0. The van der Waals surface area contributed by atoms with Crippen LogP contribution in [0.15, 0.2) is 24.3 Å². The van der Waals surface area contributed by atoms with E-state index in [0.717, 1.165) is 36.9 Å². The summed E-state index contributed by atoms with van der Waals surface area (Å²) in [4.78, 5) is 12.2. The van der Waals surface area contributed by atoms with Gasteiger partial charge in [-0.2, -0.15) is 0 Å². The van der Waals surface area contributed by atoms with Crippen LogP contribution in [-0.4, -0.2) is 18.1 Å². The Morgan fingerprint density at radius 3 is 2.75 bits per heavy atom. The van der Waals surface area contributed by atoms with Gasteiger partial charge in [0.1, 0.15) is 0 Å². The molecule has 1 aliphatic carbocycles. The Balaban J connectivity index is 0.00000200. The van der Waals surface area contributed by atoms with Crippen LogP contribution in [0.3, 0.4) is 0 Å². The number of carbonyl (C=O) groups excluding carboxylic acids is 1. The van der Waals surface area contributed by atoms with Crippen molar-refractivity contribution in [3.63, 3.8) is 0 Å². The number of ether oxygens (including phenoxy) is 1. The van der Waals surface area contributed by atoms with Crippen LogP contribution in [0.2, 0.25) is 0 Å². The van der Waals surface area contributed by atoms with E-state index in [1.165, 1.54) is 0 Å². The van der Waals surface area contributed by atoms with Crippen LogP contribution >= 0.6 is 12.4 Å². The lowest BCUT2D eigenvalue weighted by Gasteiger charge is -2.22. The highest BCUT2D eigenvalue weighted by Crippen LogP contribution is 2.28. The molecule has 1 fully saturated rings. The summed E-state index contributed by atoms with van der Waals surface area (Å²) in [6, 6.07) is 7.72. The topological polar surface area (TPSA) is 64.3 Å². The largest absolute Gasteiger partial charge is 0.377 e. The second-order valence-electron chi connectivity index (χ2n) is 5.15. The third-order valence-corrected chi connectivity index (χ3v) is 3.61. The van der Waals surface area contributed by atoms with Crippen molar-refractivity contribution in [2.75, 3.05) is 11.9 Å². The quantitative estimate of drug-likeness (QED) is 0.878. The first kappa shape index (κ1) is 17.0. The van der Waals surface area contributed by atoms with Gasteiger partial charge in [-0.05, 0) is 37.5 Å². The zero-order chi connectivity index (χ0) is 13.7. The Kier molecular flexibility index (Phi) is 6.46. The molecule has 0 heterocycles. The maximum atomic E-state index is 12.2. The van der Waals surface area contributed by atoms with Crippen LogP contribution in [0.1, 0.15) is 38.2 Å². The minimum atomic E-state index is -0.685. The van der Waals surface area contributed by atoms with Crippen molar-refractivity contribution in [2.45, 2.75) is 44.8 Å². The van der Waals surface area contributed by atoms with Crippen molar-refractivity contribution in [1.29, 1.82) is 0 Å².